The van der Waals surface area contributed by atoms with Crippen molar-refractivity contribution in [3.05, 3.63) is 29.6 Å². The van der Waals surface area contributed by atoms with Crippen molar-refractivity contribution in [3.63, 3.8) is 0 Å². The van der Waals surface area contributed by atoms with Crippen LogP contribution in [-0.2, 0) is 6.54 Å². The van der Waals surface area contributed by atoms with Crippen LogP contribution in [0.25, 0.3) is 0 Å². The predicted molar refractivity (Wildman–Crippen MR) is 53.6 cm³/mol. The van der Waals surface area contributed by atoms with Gasteiger partial charge in [-0.25, -0.2) is 13.2 Å². The summed E-state index contributed by atoms with van der Waals surface area (Å²) in [5.41, 5.74) is 6.13. The molecular weight excluding hydrogens is 205 g/mol. The van der Waals surface area contributed by atoms with Gasteiger partial charge in [0.25, 0.3) is 6.43 Å². The highest BCUT2D eigenvalue weighted by Gasteiger charge is 2.12. The summed E-state index contributed by atoms with van der Waals surface area (Å²) in [6, 6.07) is 4.34. The molecule has 0 unspecified atom stereocenters. The molecule has 0 radical (unpaired) electrons. The van der Waals surface area contributed by atoms with Gasteiger partial charge in [0, 0.05) is 13.6 Å². The van der Waals surface area contributed by atoms with Crippen molar-refractivity contribution >= 4 is 5.69 Å². The second kappa shape index (κ2) is 5.02. The zero-order valence-electron chi connectivity index (χ0n) is 8.38. The van der Waals surface area contributed by atoms with Crippen LogP contribution < -0.4 is 10.6 Å². The van der Waals surface area contributed by atoms with E-state index < -0.39 is 18.8 Å². The van der Waals surface area contributed by atoms with Crippen molar-refractivity contribution in [2.75, 3.05) is 18.5 Å². The van der Waals surface area contributed by atoms with E-state index in [1.54, 1.807) is 6.07 Å². The molecule has 0 spiro atoms. The first-order valence-corrected chi connectivity index (χ1v) is 4.52. The Morgan fingerprint density at radius 2 is 2.07 bits per heavy atom. The zero-order chi connectivity index (χ0) is 11.4. The molecule has 0 amide bonds. The number of nitrogens with two attached hydrogens (primary N) is 1. The number of nitrogens with zero attached hydrogens (tertiary/aromatic N) is 1. The fraction of sp³-hybridized carbons (Fsp3) is 0.400. The van der Waals surface area contributed by atoms with Gasteiger partial charge in [-0.3, -0.25) is 0 Å². The molecule has 0 fully saturated rings. The summed E-state index contributed by atoms with van der Waals surface area (Å²) < 4.78 is 37.5. The average molecular weight is 218 g/mol. The van der Waals surface area contributed by atoms with Crippen LogP contribution in [0.1, 0.15) is 5.56 Å². The van der Waals surface area contributed by atoms with Crippen LogP contribution in [0.4, 0.5) is 18.9 Å². The number of benzene rings is 1. The van der Waals surface area contributed by atoms with Gasteiger partial charge in [-0.1, -0.05) is 6.07 Å². The molecular formula is C10H13F3N2. The highest BCUT2D eigenvalue weighted by atomic mass is 19.3. The standard InChI is InChI=1S/C10H13F3N2/c1-15(6-10(12)13)9-3-2-7(5-14)4-8(9)11/h2-4,10H,5-6,14H2,1H3. The molecule has 0 aliphatic carbocycles. The van der Waals surface area contributed by atoms with E-state index in [0.29, 0.717) is 5.56 Å². The third kappa shape index (κ3) is 3.13. The molecule has 0 aliphatic heterocycles. The van der Waals surface area contributed by atoms with E-state index in [0.717, 1.165) is 0 Å². The first-order valence-electron chi connectivity index (χ1n) is 4.52. The topological polar surface area (TPSA) is 29.3 Å². The van der Waals surface area contributed by atoms with E-state index in [4.69, 9.17) is 5.73 Å². The number of anilines is 1. The second-order valence-electron chi connectivity index (χ2n) is 3.26. The third-order valence-corrected chi connectivity index (χ3v) is 2.07. The molecule has 0 heterocycles. The quantitative estimate of drug-likeness (QED) is 0.837. The van der Waals surface area contributed by atoms with Crippen molar-refractivity contribution < 1.29 is 13.2 Å². The van der Waals surface area contributed by atoms with Gasteiger partial charge in [0.05, 0.1) is 12.2 Å². The molecule has 1 aromatic carbocycles. The number of halogens is 3. The molecule has 0 bridgehead atoms. The molecule has 1 aromatic rings. The summed E-state index contributed by atoms with van der Waals surface area (Å²) in [4.78, 5) is 1.18. The first kappa shape index (κ1) is 11.8. The summed E-state index contributed by atoms with van der Waals surface area (Å²) in [5, 5.41) is 0. The van der Waals surface area contributed by atoms with Gasteiger partial charge >= 0.3 is 0 Å². The second-order valence-corrected chi connectivity index (χ2v) is 3.26. The van der Waals surface area contributed by atoms with Crippen molar-refractivity contribution in [1.29, 1.82) is 0 Å². The van der Waals surface area contributed by atoms with Crippen molar-refractivity contribution in [1.82, 2.24) is 0 Å². The van der Waals surface area contributed by atoms with Crippen molar-refractivity contribution in [3.8, 4) is 0 Å². The predicted octanol–water partition coefficient (Wildman–Crippen LogP) is 1.99. The van der Waals surface area contributed by atoms with Gasteiger partial charge in [-0.05, 0) is 17.7 Å². The monoisotopic (exact) mass is 218 g/mol. The largest absolute Gasteiger partial charge is 0.367 e. The smallest absolute Gasteiger partial charge is 0.255 e. The van der Waals surface area contributed by atoms with E-state index in [1.807, 2.05) is 0 Å². The molecule has 0 saturated heterocycles. The zero-order valence-corrected chi connectivity index (χ0v) is 8.38. The lowest BCUT2D eigenvalue weighted by molar-refractivity contribution is 0.156. The first-order chi connectivity index (χ1) is 7.04. The maximum Gasteiger partial charge on any atom is 0.255 e. The molecule has 84 valence electrons. The van der Waals surface area contributed by atoms with Gasteiger partial charge in [0.2, 0.25) is 0 Å². The van der Waals surface area contributed by atoms with Crippen LogP contribution in [0.5, 0.6) is 0 Å². The van der Waals surface area contributed by atoms with Crippen LogP contribution in [0.2, 0.25) is 0 Å². The Labute approximate surface area is 86.5 Å². The molecule has 0 saturated carbocycles. The highest BCUT2D eigenvalue weighted by molar-refractivity contribution is 5.48. The summed E-state index contributed by atoms with van der Waals surface area (Å²) in [7, 11) is 1.42. The lowest BCUT2D eigenvalue weighted by Crippen LogP contribution is -2.24. The maximum absolute atomic E-state index is 13.4. The van der Waals surface area contributed by atoms with Gasteiger partial charge in [0.15, 0.2) is 0 Å². The summed E-state index contributed by atoms with van der Waals surface area (Å²) in [6.45, 7) is -0.255. The van der Waals surface area contributed by atoms with Crippen molar-refractivity contribution in [2.45, 2.75) is 13.0 Å². The van der Waals surface area contributed by atoms with E-state index >= 15 is 0 Å². The Morgan fingerprint density at radius 1 is 1.40 bits per heavy atom. The SMILES string of the molecule is CN(CC(F)F)c1ccc(CN)cc1F. The Bertz CT molecular complexity index is 328. The Morgan fingerprint density at radius 3 is 2.53 bits per heavy atom. The minimum atomic E-state index is -2.48. The van der Waals surface area contributed by atoms with E-state index in [1.165, 1.54) is 24.1 Å². The lowest BCUT2D eigenvalue weighted by atomic mass is 10.2. The van der Waals surface area contributed by atoms with Gasteiger partial charge in [0.1, 0.15) is 5.82 Å². The summed E-state index contributed by atoms with van der Waals surface area (Å²) in [6.07, 6.45) is -2.48. The van der Waals surface area contributed by atoms with Crippen LogP contribution in [-0.4, -0.2) is 20.0 Å². The Balaban J connectivity index is 2.85. The van der Waals surface area contributed by atoms with Crippen LogP contribution in [0, 0.1) is 5.82 Å². The Kier molecular flexibility index (Phi) is 3.96. The number of hydrogen-bond acceptors (Lipinski definition) is 2. The molecule has 15 heavy (non-hydrogen) atoms. The molecule has 5 heteroatoms. The normalized spacial score (nSPS) is 10.8. The number of alkyl halides is 2. The average Bonchev–Trinajstić information content (AvgIpc) is 2.16. The van der Waals surface area contributed by atoms with Gasteiger partial charge in [-0.15, -0.1) is 0 Å². The van der Waals surface area contributed by atoms with E-state index in [9.17, 15) is 13.2 Å². The van der Waals surface area contributed by atoms with Gasteiger partial charge in [-0.2, -0.15) is 0 Å². The van der Waals surface area contributed by atoms with Crippen LogP contribution in [0.15, 0.2) is 18.2 Å². The summed E-state index contributed by atoms with van der Waals surface area (Å²) >= 11 is 0. The van der Waals surface area contributed by atoms with Gasteiger partial charge < -0.3 is 10.6 Å². The molecule has 2 nitrogen and oxygen atoms in total. The molecule has 0 aliphatic rings. The minimum Gasteiger partial charge on any atom is -0.367 e. The molecule has 0 atom stereocenters. The van der Waals surface area contributed by atoms with Crippen LogP contribution >= 0.6 is 0 Å². The number of rotatable bonds is 4. The molecule has 0 aromatic heterocycles. The molecule has 1 rings (SSSR count). The fourth-order valence-corrected chi connectivity index (χ4v) is 1.29. The minimum absolute atomic E-state index is 0.160. The Hall–Kier alpha value is -1.23. The van der Waals surface area contributed by atoms with Crippen LogP contribution in [0.3, 0.4) is 0 Å². The number of hydrogen-bond donors (Lipinski definition) is 1. The highest BCUT2D eigenvalue weighted by Crippen LogP contribution is 2.19. The van der Waals surface area contributed by atoms with Crippen molar-refractivity contribution in [2.24, 2.45) is 5.73 Å². The van der Waals surface area contributed by atoms with E-state index in [-0.39, 0.29) is 12.2 Å². The molecule has 2 N–H and O–H groups in total. The lowest BCUT2D eigenvalue weighted by Gasteiger charge is -2.19. The maximum atomic E-state index is 13.4. The van der Waals surface area contributed by atoms with E-state index in [2.05, 4.69) is 0 Å². The third-order valence-electron chi connectivity index (χ3n) is 2.07. The summed E-state index contributed by atoms with van der Waals surface area (Å²) in [5.74, 6) is -0.527. The fourth-order valence-electron chi connectivity index (χ4n) is 1.29.